The average molecular weight is 282 g/mol. The Bertz CT molecular complexity index is 486. The van der Waals surface area contributed by atoms with Crippen LogP contribution < -0.4 is 5.32 Å². The van der Waals surface area contributed by atoms with Crippen LogP contribution in [0.2, 0.25) is 0 Å². The number of aromatic nitrogens is 2. The average Bonchev–Trinajstić information content (AvgIpc) is 2.91. The van der Waals surface area contributed by atoms with Crippen molar-refractivity contribution in [2.45, 2.75) is 45.1 Å². The van der Waals surface area contributed by atoms with Crippen molar-refractivity contribution in [1.82, 2.24) is 9.78 Å². The Hall–Kier alpha value is -1.63. The van der Waals surface area contributed by atoms with E-state index in [-0.39, 0.29) is 22.6 Å². The highest BCUT2D eigenvalue weighted by Gasteiger charge is 2.29. The van der Waals surface area contributed by atoms with Gasteiger partial charge in [0.2, 0.25) is 5.82 Å². The monoisotopic (exact) mass is 282 g/mol. The lowest BCUT2D eigenvalue weighted by Crippen LogP contribution is -2.23. The first kappa shape index (κ1) is 14.8. The van der Waals surface area contributed by atoms with Crippen LogP contribution in [-0.2, 0) is 13.5 Å². The van der Waals surface area contributed by atoms with E-state index in [0.29, 0.717) is 24.5 Å². The first-order chi connectivity index (χ1) is 9.54. The van der Waals surface area contributed by atoms with Crippen LogP contribution in [0.1, 0.15) is 38.3 Å². The Morgan fingerprint density at radius 1 is 1.55 bits per heavy atom. The molecule has 0 radical (unpaired) electrons. The molecule has 0 amide bonds. The van der Waals surface area contributed by atoms with E-state index >= 15 is 0 Å². The van der Waals surface area contributed by atoms with Crippen molar-refractivity contribution in [2.24, 2.45) is 13.0 Å². The second-order valence-electron chi connectivity index (χ2n) is 5.41. The van der Waals surface area contributed by atoms with Crippen LogP contribution in [0, 0.1) is 16.0 Å². The minimum Gasteiger partial charge on any atom is -0.393 e. The van der Waals surface area contributed by atoms with E-state index in [9.17, 15) is 15.2 Å². The third-order valence-electron chi connectivity index (χ3n) is 3.91. The summed E-state index contributed by atoms with van der Waals surface area (Å²) in [6.45, 7) is 2.52. The Balaban J connectivity index is 2.15. The summed E-state index contributed by atoms with van der Waals surface area (Å²) in [6.07, 6.45) is 3.91. The van der Waals surface area contributed by atoms with Gasteiger partial charge in [-0.25, -0.2) is 4.68 Å². The maximum atomic E-state index is 11.3. The number of nitro groups is 1. The van der Waals surface area contributed by atoms with E-state index in [2.05, 4.69) is 10.4 Å². The van der Waals surface area contributed by atoms with Gasteiger partial charge in [-0.3, -0.25) is 10.1 Å². The normalized spacial score (nSPS) is 22.1. The van der Waals surface area contributed by atoms with Gasteiger partial charge in [0.05, 0.1) is 11.0 Å². The highest BCUT2D eigenvalue weighted by Crippen LogP contribution is 2.31. The van der Waals surface area contributed by atoms with Crippen LogP contribution in [0.3, 0.4) is 0 Å². The number of aliphatic hydroxyl groups is 1. The van der Waals surface area contributed by atoms with E-state index in [1.165, 1.54) is 4.68 Å². The number of hydrogen-bond donors (Lipinski definition) is 2. The fourth-order valence-electron chi connectivity index (χ4n) is 2.85. The number of rotatable bonds is 6. The SMILES string of the molecule is CCCc1nn(C)c(NCC2CCCC2O)c1[N+](=O)[O-]. The van der Waals surface area contributed by atoms with Crippen molar-refractivity contribution in [3.63, 3.8) is 0 Å². The van der Waals surface area contributed by atoms with Gasteiger partial charge in [0.25, 0.3) is 0 Å². The summed E-state index contributed by atoms with van der Waals surface area (Å²) in [5.74, 6) is 0.608. The number of aryl methyl sites for hydroxylation is 2. The van der Waals surface area contributed by atoms with Gasteiger partial charge in [0.15, 0.2) is 0 Å². The zero-order chi connectivity index (χ0) is 14.7. The molecule has 7 nitrogen and oxygen atoms in total. The van der Waals surface area contributed by atoms with Gasteiger partial charge in [0.1, 0.15) is 5.69 Å². The lowest BCUT2D eigenvalue weighted by molar-refractivity contribution is -0.384. The molecule has 1 aliphatic carbocycles. The van der Waals surface area contributed by atoms with Crippen LogP contribution in [-0.4, -0.2) is 32.5 Å². The van der Waals surface area contributed by atoms with E-state index in [0.717, 1.165) is 25.7 Å². The first-order valence-corrected chi connectivity index (χ1v) is 7.16. The number of nitrogens with one attached hydrogen (secondary N) is 1. The zero-order valence-electron chi connectivity index (χ0n) is 12.0. The highest BCUT2D eigenvalue weighted by molar-refractivity contribution is 5.59. The molecule has 1 aromatic rings. The molecule has 7 heteroatoms. The van der Waals surface area contributed by atoms with Crippen LogP contribution in [0.5, 0.6) is 0 Å². The molecule has 1 aliphatic rings. The van der Waals surface area contributed by atoms with E-state index in [4.69, 9.17) is 0 Å². The standard InChI is InChI=1S/C13H22N4O3/c1-3-5-10-12(17(19)20)13(16(2)15-10)14-8-9-6-4-7-11(9)18/h9,11,14,18H,3-8H2,1-2H3. The van der Waals surface area contributed by atoms with Gasteiger partial charge in [-0.2, -0.15) is 5.10 Å². The van der Waals surface area contributed by atoms with E-state index < -0.39 is 0 Å². The summed E-state index contributed by atoms with van der Waals surface area (Å²) in [5.41, 5.74) is 0.594. The molecule has 2 rings (SSSR count). The molecule has 1 fully saturated rings. The lowest BCUT2D eigenvalue weighted by atomic mass is 10.1. The second-order valence-corrected chi connectivity index (χ2v) is 5.41. The molecular formula is C13H22N4O3. The quantitative estimate of drug-likeness (QED) is 0.613. The van der Waals surface area contributed by atoms with Gasteiger partial charge in [-0.1, -0.05) is 19.8 Å². The van der Waals surface area contributed by atoms with Crippen LogP contribution in [0.15, 0.2) is 0 Å². The number of aliphatic hydroxyl groups excluding tert-OH is 1. The van der Waals surface area contributed by atoms with E-state index in [1.807, 2.05) is 6.92 Å². The molecule has 20 heavy (non-hydrogen) atoms. The van der Waals surface area contributed by atoms with Crippen molar-refractivity contribution in [3.8, 4) is 0 Å². The number of hydrogen-bond acceptors (Lipinski definition) is 5. The fourth-order valence-corrected chi connectivity index (χ4v) is 2.85. The second kappa shape index (κ2) is 6.21. The molecule has 0 aromatic carbocycles. The van der Waals surface area contributed by atoms with Gasteiger partial charge >= 0.3 is 5.69 Å². The molecule has 0 saturated heterocycles. The van der Waals surface area contributed by atoms with Crippen molar-refractivity contribution in [3.05, 3.63) is 15.8 Å². The molecule has 1 saturated carbocycles. The smallest absolute Gasteiger partial charge is 0.333 e. The third kappa shape index (κ3) is 2.92. The van der Waals surface area contributed by atoms with Crippen LogP contribution >= 0.6 is 0 Å². The van der Waals surface area contributed by atoms with Gasteiger partial charge in [-0.05, 0) is 19.3 Å². The van der Waals surface area contributed by atoms with Crippen LogP contribution in [0.4, 0.5) is 11.5 Å². The predicted octanol–water partition coefficient (Wildman–Crippen LogP) is 1.85. The number of anilines is 1. The maximum absolute atomic E-state index is 11.3. The van der Waals surface area contributed by atoms with Crippen molar-refractivity contribution in [1.29, 1.82) is 0 Å². The molecule has 112 valence electrons. The summed E-state index contributed by atoms with van der Waals surface area (Å²) >= 11 is 0. The molecule has 2 atom stereocenters. The Kier molecular flexibility index (Phi) is 4.59. The fraction of sp³-hybridized carbons (Fsp3) is 0.769. The Morgan fingerprint density at radius 3 is 2.85 bits per heavy atom. The summed E-state index contributed by atoms with van der Waals surface area (Å²) in [5, 5.41) is 28.4. The predicted molar refractivity (Wildman–Crippen MR) is 75.7 cm³/mol. The summed E-state index contributed by atoms with van der Waals surface area (Å²) in [4.78, 5) is 10.9. The van der Waals surface area contributed by atoms with E-state index in [1.54, 1.807) is 7.05 Å². The van der Waals surface area contributed by atoms with Crippen molar-refractivity contribution in [2.75, 3.05) is 11.9 Å². The number of nitrogens with zero attached hydrogens (tertiary/aromatic N) is 3. The Labute approximate surface area is 118 Å². The lowest BCUT2D eigenvalue weighted by Gasteiger charge is -2.15. The largest absolute Gasteiger partial charge is 0.393 e. The molecule has 0 bridgehead atoms. The minimum absolute atomic E-state index is 0.0711. The molecule has 1 heterocycles. The summed E-state index contributed by atoms with van der Waals surface area (Å²) in [6, 6.07) is 0. The van der Waals surface area contributed by atoms with Gasteiger partial charge in [-0.15, -0.1) is 0 Å². The zero-order valence-corrected chi connectivity index (χ0v) is 12.0. The molecule has 1 aromatic heterocycles. The summed E-state index contributed by atoms with van der Waals surface area (Å²) < 4.78 is 1.53. The Morgan fingerprint density at radius 2 is 2.30 bits per heavy atom. The van der Waals surface area contributed by atoms with Crippen molar-refractivity contribution < 1.29 is 10.0 Å². The minimum atomic E-state index is -0.370. The van der Waals surface area contributed by atoms with Gasteiger partial charge < -0.3 is 10.4 Å². The maximum Gasteiger partial charge on any atom is 0.333 e. The van der Waals surface area contributed by atoms with Crippen LogP contribution in [0.25, 0.3) is 0 Å². The molecule has 2 unspecified atom stereocenters. The summed E-state index contributed by atoms with van der Waals surface area (Å²) in [7, 11) is 1.71. The molecule has 2 N–H and O–H groups in total. The van der Waals surface area contributed by atoms with Gasteiger partial charge in [0, 0.05) is 19.5 Å². The molecule has 0 spiro atoms. The first-order valence-electron chi connectivity index (χ1n) is 7.16. The van der Waals surface area contributed by atoms with Crippen molar-refractivity contribution >= 4 is 11.5 Å². The molecular weight excluding hydrogens is 260 g/mol. The topological polar surface area (TPSA) is 93.2 Å². The third-order valence-corrected chi connectivity index (χ3v) is 3.91. The molecule has 0 aliphatic heterocycles. The highest BCUT2D eigenvalue weighted by atomic mass is 16.6.